The van der Waals surface area contributed by atoms with E-state index in [0.29, 0.717) is 37.7 Å². The van der Waals surface area contributed by atoms with Gasteiger partial charge in [0.1, 0.15) is 19.8 Å². The molecule has 2 saturated heterocycles. The van der Waals surface area contributed by atoms with Crippen molar-refractivity contribution in [2.45, 2.75) is 32.2 Å². The summed E-state index contributed by atoms with van der Waals surface area (Å²) in [5.41, 5.74) is 0.919. The van der Waals surface area contributed by atoms with Crippen molar-refractivity contribution in [3.63, 3.8) is 0 Å². The predicted octanol–water partition coefficient (Wildman–Crippen LogP) is 1.32. The highest BCUT2D eigenvalue weighted by molar-refractivity contribution is 6.45. The highest BCUT2D eigenvalue weighted by atomic mass is 16.6. The highest BCUT2D eigenvalue weighted by Gasteiger charge is 2.45. The Hall–Kier alpha value is -3.10. The van der Waals surface area contributed by atoms with E-state index < -0.39 is 24.4 Å². The Kier molecular flexibility index (Phi) is 5.12. The third kappa shape index (κ3) is 3.41. The number of hydrogen-bond donors (Lipinski definition) is 0. The van der Waals surface area contributed by atoms with Crippen LogP contribution in [0.3, 0.4) is 0 Å². The molecule has 2 fully saturated rings. The van der Waals surface area contributed by atoms with Gasteiger partial charge >= 0.3 is 17.8 Å². The average molecular weight is 401 g/mol. The van der Waals surface area contributed by atoms with Gasteiger partial charge < -0.3 is 14.4 Å². The van der Waals surface area contributed by atoms with E-state index in [9.17, 15) is 19.2 Å². The highest BCUT2D eigenvalue weighted by Crippen LogP contribution is 2.38. The number of amides is 5. The van der Waals surface area contributed by atoms with Gasteiger partial charge in [0.25, 0.3) is 0 Å². The normalized spacial score (nSPS) is 21.3. The summed E-state index contributed by atoms with van der Waals surface area (Å²) in [4.78, 5) is 52.8. The molecule has 3 heterocycles. The standard InChI is InChI=1S/C20H23N3O6/c1-2-7-22-18(25)19(26)23(20(22)27)12-17(24)21-8-3-4-14(21)13-5-6-15-16(11-13)29-10-9-28-15/h5-6,11,14H,2-4,7-10,12H2,1H3/t14-/m1/s1. The summed E-state index contributed by atoms with van der Waals surface area (Å²) in [6, 6.07) is 4.73. The van der Waals surface area contributed by atoms with Crippen LogP contribution in [-0.2, 0) is 14.4 Å². The fourth-order valence-corrected chi connectivity index (χ4v) is 4.02. The molecule has 0 spiro atoms. The van der Waals surface area contributed by atoms with Crippen molar-refractivity contribution in [1.82, 2.24) is 14.7 Å². The van der Waals surface area contributed by atoms with Crippen LogP contribution in [0.1, 0.15) is 37.8 Å². The van der Waals surface area contributed by atoms with Gasteiger partial charge in [0.15, 0.2) is 11.5 Å². The second-order valence-corrected chi connectivity index (χ2v) is 7.28. The SMILES string of the molecule is CCCN1C(=O)C(=O)N(CC(=O)N2CCC[C@@H]2c2ccc3c(c2)OCCO3)C1=O. The molecule has 154 valence electrons. The second-order valence-electron chi connectivity index (χ2n) is 7.28. The largest absolute Gasteiger partial charge is 0.486 e. The molecule has 0 aromatic heterocycles. The quantitative estimate of drug-likeness (QED) is 0.545. The van der Waals surface area contributed by atoms with Crippen molar-refractivity contribution >= 4 is 23.8 Å². The number of ether oxygens (including phenoxy) is 2. The maximum Gasteiger partial charge on any atom is 0.334 e. The van der Waals surface area contributed by atoms with Gasteiger partial charge in [-0.05, 0) is 37.0 Å². The van der Waals surface area contributed by atoms with E-state index in [1.54, 1.807) is 11.8 Å². The van der Waals surface area contributed by atoms with Crippen molar-refractivity contribution in [3.8, 4) is 11.5 Å². The van der Waals surface area contributed by atoms with Crippen LogP contribution in [0.25, 0.3) is 0 Å². The second kappa shape index (κ2) is 7.73. The molecule has 0 aliphatic carbocycles. The molecule has 0 saturated carbocycles. The molecule has 1 aromatic carbocycles. The molecular formula is C20H23N3O6. The molecule has 3 aliphatic rings. The maximum atomic E-state index is 12.9. The third-order valence-corrected chi connectivity index (χ3v) is 5.40. The van der Waals surface area contributed by atoms with E-state index in [0.717, 1.165) is 28.2 Å². The van der Waals surface area contributed by atoms with E-state index >= 15 is 0 Å². The first-order valence-electron chi connectivity index (χ1n) is 9.87. The van der Waals surface area contributed by atoms with Crippen LogP contribution >= 0.6 is 0 Å². The first-order chi connectivity index (χ1) is 14.0. The number of likely N-dealkylation sites (tertiary alicyclic amines) is 1. The number of fused-ring (bicyclic) bond motifs is 1. The maximum absolute atomic E-state index is 12.9. The lowest BCUT2D eigenvalue weighted by Gasteiger charge is -2.28. The number of benzene rings is 1. The molecule has 4 rings (SSSR count). The molecular weight excluding hydrogens is 378 g/mol. The van der Waals surface area contributed by atoms with Crippen LogP contribution in [0.2, 0.25) is 0 Å². The molecule has 0 radical (unpaired) electrons. The molecule has 9 nitrogen and oxygen atoms in total. The minimum absolute atomic E-state index is 0.164. The molecule has 0 unspecified atom stereocenters. The van der Waals surface area contributed by atoms with Crippen molar-refractivity contribution in [2.24, 2.45) is 0 Å². The van der Waals surface area contributed by atoms with Gasteiger partial charge in [-0.1, -0.05) is 13.0 Å². The lowest BCUT2D eigenvalue weighted by Crippen LogP contribution is -2.43. The zero-order valence-electron chi connectivity index (χ0n) is 16.3. The molecule has 5 amide bonds. The van der Waals surface area contributed by atoms with Crippen molar-refractivity contribution in [2.75, 3.05) is 32.8 Å². The summed E-state index contributed by atoms with van der Waals surface area (Å²) in [6.45, 7) is 3.06. The van der Waals surface area contributed by atoms with Crippen LogP contribution in [0.5, 0.6) is 11.5 Å². The third-order valence-electron chi connectivity index (χ3n) is 5.40. The van der Waals surface area contributed by atoms with Gasteiger partial charge in [-0.15, -0.1) is 0 Å². The summed E-state index contributed by atoms with van der Waals surface area (Å²) < 4.78 is 11.2. The zero-order chi connectivity index (χ0) is 20.5. The fraction of sp³-hybridized carbons (Fsp3) is 0.500. The number of nitrogens with zero attached hydrogens (tertiary/aromatic N) is 3. The molecule has 1 aromatic rings. The number of carbonyl (C=O) groups excluding carboxylic acids is 4. The van der Waals surface area contributed by atoms with E-state index in [-0.39, 0.29) is 18.5 Å². The summed E-state index contributed by atoms with van der Waals surface area (Å²) in [6.07, 6.45) is 2.13. The molecule has 9 heteroatoms. The first kappa shape index (κ1) is 19.2. The Labute approximate surface area is 168 Å². The topological polar surface area (TPSA) is 96.5 Å². The van der Waals surface area contributed by atoms with Crippen molar-refractivity contribution < 1.29 is 28.7 Å². The fourth-order valence-electron chi connectivity index (χ4n) is 4.02. The first-order valence-corrected chi connectivity index (χ1v) is 9.87. The number of urea groups is 1. The molecule has 0 bridgehead atoms. The minimum Gasteiger partial charge on any atom is -0.486 e. The lowest BCUT2D eigenvalue weighted by molar-refractivity contribution is -0.145. The molecule has 0 N–H and O–H groups in total. The van der Waals surface area contributed by atoms with E-state index in [1.165, 1.54) is 0 Å². The van der Waals surface area contributed by atoms with Crippen LogP contribution in [0.15, 0.2) is 18.2 Å². The van der Waals surface area contributed by atoms with Crippen LogP contribution in [-0.4, -0.2) is 71.3 Å². The van der Waals surface area contributed by atoms with Crippen molar-refractivity contribution in [3.05, 3.63) is 23.8 Å². The lowest BCUT2D eigenvalue weighted by atomic mass is 10.0. The van der Waals surface area contributed by atoms with Gasteiger partial charge in [-0.3, -0.25) is 19.3 Å². The summed E-state index contributed by atoms with van der Waals surface area (Å²) in [5, 5.41) is 0. The predicted molar refractivity (Wildman–Crippen MR) is 100 cm³/mol. The summed E-state index contributed by atoms with van der Waals surface area (Å²) in [5.74, 6) is -0.825. The molecule has 29 heavy (non-hydrogen) atoms. The monoisotopic (exact) mass is 401 g/mol. The summed E-state index contributed by atoms with van der Waals surface area (Å²) in [7, 11) is 0. The Morgan fingerprint density at radius 3 is 2.55 bits per heavy atom. The van der Waals surface area contributed by atoms with Gasteiger partial charge in [-0.25, -0.2) is 9.69 Å². The van der Waals surface area contributed by atoms with E-state index in [4.69, 9.17) is 9.47 Å². The Morgan fingerprint density at radius 1 is 1.07 bits per heavy atom. The van der Waals surface area contributed by atoms with Crippen LogP contribution in [0, 0.1) is 0 Å². The molecule has 3 aliphatic heterocycles. The number of carbonyl (C=O) groups is 4. The Morgan fingerprint density at radius 2 is 1.79 bits per heavy atom. The van der Waals surface area contributed by atoms with Crippen molar-refractivity contribution in [1.29, 1.82) is 0 Å². The number of rotatable bonds is 5. The zero-order valence-corrected chi connectivity index (χ0v) is 16.3. The van der Waals surface area contributed by atoms with E-state index in [1.807, 2.05) is 18.2 Å². The van der Waals surface area contributed by atoms with Gasteiger partial charge in [-0.2, -0.15) is 0 Å². The number of imide groups is 2. The van der Waals surface area contributed by atoms with E-state index in [2.05, 4.69) is 0 Å². The van der Waals surface area contributed by atoms with Gasteiger partial charge in [0.05, 0.1) is 6.04 Å². The van der Waals surface area contributed by atoms with Gasteiger partial charge in [0, 0.05) is 13.1 Å². The smallest absolute Gasteiger partial charge is 0.334 e. The van der Waals surface area contributed by atoms with Crippen LogP contribution < -0.4 is 9.47 Å². The Balaban J connectivity index is 1.49. The minimum atomic E-state index is -0.938. The Bertz CT molecular complexity index is 870. The number of hydrogen-bond acceptors (Lipinski definition) is 6. The van der Waals surface area contributed by atoms with Crippen LogP contribution in [0.4, 0.5) is 4.79 Å². The molecule has 1 atom stereocenters. The average Bonchev–Trinajstić information content (AvgIpc) is 3.30. The van der Waals surface area contributed by atoms with Gasteiger partial charge in [0.2, 0.25) is 5.91 Å². The summed E-state index contributed by atoms with van der Waals surface area (Å²) >= 11 is 0.